The van der Waals surface area contributed by atoms with Gasteiger partial charge in [0.1, 0.15) is 4.32 Å². The lowest BCUT2D eigenvalue weighted by molar-refractivity contribution is -0.122. The SMILES string of the molecule is COc1ccc(C=C2SC(=S)N(Cc3ccc4c(c3)OCO4)C2=O)cc1OC. The molecule has 2 aliphatic heterocycles. The predicted molar refractivity (Wildman–Crippen MR) is 111 cm³/mol. The summed E-state index contributed by atoms with van der Waals surface area (Å²) >= 11 is 6.71. The van der Waals surface area contributed by atoms with Gasteiger partial charge in [-0.05, 0) is 41.5 Å². The minimum Gasteiger partial charge on any atom is -0.493 e. The topological polar surface area (TPSA) is 57.2 Å². The van der Waals surface area contributed by atoms with Crippen LogP contribution in [0.5, 0.6) is 23.0 Å². The molecule has 0 unspecified atom stereocenters. The van der Waals surface area contributed by atoms with E-state index in [2.05, 4.69) is 0 Å². The van der Waals surface area contributed by atoms with Crippen molar-refractivity contribution in [3.8, 4) is 23.0 Å². The highest BCUT2D eigenvalue weighted by molar-refractivity contribution is 8.26. The zero-order valence-electron chi connectivity index (χ0n) is 15.3. The highest BCUT2D eigenvalue weighted by atomic mass is 32.2. The maximum absolute atomic E-state index is 12.9. The fraction of sp³-hybridized carbons (Fsp3) is 0.200. The van der Waals surface area contributed by atoms with E-state index < -0.39 is 0 Å². The van der Waals surface area contributed by atoms with Crippen molar-refractivity contribution in [3.63, 3.8) is 0 Å². The minimum atomic E-state index is -0.123. The first-order valence-corrected chi connectivity index (χ1v) is 9.67. The van der Waals surface area contributed by atoms with E-state index in [-0.39, 0.29) is 12.7 Å². The average Bonchev–Trinajstić information content (AvgIpc) is 3.27. The predicted octanol–water partition coefficient (Wildman–Crippen LogP) is 3.83. The van der Waals surface area contributed by atoms with Crippen LogP contribution in [0.1, 0.15) is 11.1 Å². The number of hydrogen-bond acceptors (Lipinski definition) is 7. The summed E-state index contributed by atoms with van der Waals surface area (Å²) in [5.41, 5.74) is 1.76. The molecule has 2 aliphatic rings. The Morgan fingerprint density at radius 3 is 2.68 bits per heavy atom. The summed E-state index contributed by atoms with van der Waals surface area (Å²) in [4.78, 5) is 15.0. The first-order valence-electron chi connectivity index (χ1n) is 8.45. The lowest BCUT2D eigenvalue weighted by atomic mass is 10.1. The zero-order valence-corrected chi connectivity index (χ0v) is 16.9. The van der Waals surface area contributed by atoms with Gasteiger partial charge in [0.2, 0.25) is 6.79 Å². The summed E-state index contributed by atoms with van der Waals surface area (Å²) < 4.78 is 21.8. The van der Waals surface area contributed by atoms with Gasteiger partial charge in [-0.3, -0.25) is 9.69 Å². The van der Waals surface area contributed by atoms with Crippen molar-refractivity contribution in [2.24, 2.45) is 0 Å². The normalized spacial score (nSPS) is 16.8. The molecule has 0 saturated carbocycles. The third-order valence-corrected chi connectivity index (χ3v) is 5.73. The standard InChI is InChI=1S/C20H17NO5S2/c1-23-14-5-3-12(7-16(14)24-2)9-18-19(22)21(20(27)28-18)10-13-4-6-15-17(8-13)26-11-25-15/h3-9H,10-11H2,1-2H3. The van der Waals surface area contributed by atoms with Crippen LogP contribution in [0.4, 0.5) is 0 Å². The molecule has 0 radical (unpaired) electrons. The van der Waals surface area contributed by atoms with E-state index >= 15 is 0 Å². The second-order valence-electron chi connectivity index (χ2n) is 6.07. The smallest absolute Gasteiger partial charge is 0.266 e. The number of hydrogen-bond donors (Lipinski definition) is 0. The number of thiocarbonyl (C=S) groups is 1. The van der Waals surface area contributed by atoms with Crippen LogP contribution in [0.15, 0.2) is 41.3 Å². The maximum Gasteiger partial charge on any atom is 0.266 e. The molecule has 0 aromatic heterocycles. The number of ether oxygens (including phenoxy) is 4. The quantitative estimate of drug-likeness (QED) is 0.543. The molecule has 144 valence electrons. The molecule has 8 heteroatoms. The van der Waals surface area contributed by atoms with Gasteiger partial charge in [-0.1, -0.05) is 36.1 Å². The van der Waals surface area contributed by atoms with E-state index in [0.29, 0.717) is 38.8 Å². The molecule has 1 amide bonds. The van der Waals surface area contributed by atoms with Crippen LogP contribution in [-0.2, 0) is 11.3 Å². The zero-order chi connectivity index (χ0) is 19.7. The Hall–Kier alpha value is -2.71. The van der Waals surface area contributed by atoms with Gasteiger partial charge >= 0.3 is 0 Å². The van der Waals surface area contributed by atoms with E-state index in [1.807, 2.05) is 30.3 Å². The van der Waals surface area contributed by atoms with Gasteiger partial charge < -0.3 is 18.9 Å². The molecule has 1 saturated heterocycles. The third-order valence-electron chi connectivity index (χ3n) is 4.36. The first kappa shape index (κ1) is 18.6. The molecule has 0 N–H and O–H groups in total. The molecule has 28 heavy (non-hydrogen) atoms. The van der Waals surface area contributed by atoms with Crippen LogP contribution in [0, 0.1) is 0 Å². The van der Waals surface area contributed by atoms with Gasteiger partial charge in [0.05, 0.1) is 25.7 Å². The number of thioether (sulfide) groups is 1. The number of carbonyl (C=O) groups is 1. The number of rotatable bonds is 5. The summed E-state index contributed by atoms with van der Waals surface area (Å²) in [6, 6.07) is 11.1. The van der Waals surface area contributed by atoms with Crippen LogP contribution in [-0.4, -0.2) is 36.1 Å². The second kappa shape index (κ2) is 7.73. The highest BCUT2D eigenvalue weighted by Gasteiger charge is 2.32. The molecule has 6 nitrogen and oxygen atoms in total. The average molecular weight is 415 g/mol. The molecule has 2 aromatic rings. The van der Waals surface area contributed by atoms with Gasteiger partial charge in [0, 0.05) is 0 Å². The lowest BCUT2D eigenvalue weighted by Crippen LogP contribution is -2.27. The van der Waals surface area contributed by atoms with Crippen molar-refractivity contribution in [1.29, 1.82) is 0 Å². The Balaban J connectivity index is 1.54. The molecule has 1 fully saturated rings. The summed E-state index contributed by atoms with van der Waals surface area (Å²) in [6.07, 6.45) is 1.81. The Kier molecular flexibility index (Phi) is 5.15. The van der Waals surface area contributed by atoms with Crippen molar-refractivity contribution >= 4 is 40.3 Å². The lowest BCUT2D eigenvalue weighted by Gasteiger charge is -2.14. The van der Waals surface area contributed by atoms with E-state index in [9.17, 15) is 4.79 Å². The van der Waals surface area contributed by atoms with Crippen LogP contribution >= 0.6 is 24.0 Å². The van der Waals surface area contributed by atoms with Crippen LogP contribution < -0.4 is 18.9 Å². The Morgan fingerprint density at radius 1 is 1.11 bits per heavy atom. The summed E-state index contributed by atoms with van der Waals surface area (Å²) in [6.45, 7) is 0.596. The number of methoxy groups -OCH3 is 2. The number of nitrogens with zero attached hydrogens (tertiary/aromatic N) is 1. The molecule has 2 aromatic carbocycles. The molecular formula is C20H17NO5S2. The monoisotopic (exact) mass is 415 g/mol. The van der Waals surface area contributed by atoms with Crippen molar-refractivity contribution in [2.75, 3.05) is 21.0 Å². The molecule has 0 spiro atoms. The fourth-order valence-electron chi connectivity index (χ4n) is 2.95. The number of fused-ring (bicyclic) bond motifs is 1. The van der Waals surface area contributed by atoms with Gasteiger partial charge in [0.25, 0.3) is 5.91 Å². The van der Waals surface area contributed by atoms with E-state index in [1.54, 1.807) is 31.3 Å². The number of amides is 1. The van der Waals surface area contributed by atoms with Gasteiger partial charge in [-0.25, -0.2) is 0 Å². The summed E-state index contributed by atoms with van der Waals surface area (Å²) in [5, 5.41) is 0. The second-order valence-corrected chi connectivity index (χ2v) is 7.75. The Morgan fingerprint density at radius 2 is 1.89 bits per heavy atom. The third kappa shape index (κ3) is 3.53. The Labute approximate surface area is 172 Å². The molecule has 4 rings (SSSR count). The van der Waals surface area contributed by atoms with Crippen LogP contribution in [0.3, 0.4) is 0 Å². The molecule has 0 aliphatic carbocycles. The molecular weight excluding hydrogens is 398 g/mol. The van der Waals surface area contributed by atoms with Crippen molar-refractivity contribution in [1.82, 2.24) is 4.90 Å². The molecule has 0 bridgehead atoms. The number of benzene rings is 2. The van der Waals surface area contributed by atoms with Crippen LogP contribution in [0.25, 0.3) is 6.08 Å². The first-order chi connectivity index (χ1) is 13.6. The maximum atomic E-state index is 12.9. The Bertz CT molecular complexity index is 989. The minimum absolute atomic E-state index is 0.123. The van der Waals surface area contributed by atoms with Crippen molar-refractivity contribution in [2.45, 2.75) is 6.54 Å². The van der Waals surface area contributed by atoms with Gasteiger partial charge in [0.15, 0.2) is 23.0 Å². The highest BCUT2D eigenvalue weighted by Crippen LogP contribution is 2.37. The van der Waals surface area contributed by atoms with Crippen molar-refractivity contribution < 1.29 is 23.7 Å². The summed E-state index contributed by atoms with van der Waals surface area (Å²) in [7, 11) is 3.16. The van der Waals surface area contributed by atoms with Gasteiger partial charge in [-0.15, -0.1) is 0 Å². The molecule has 2 heterocycles. The number of carbonyl (C=O) groups excluding carboxylic acids is 1. The van der Waals surface area contributed by atoms with E-state index in [1.165, 1.54) is 11.8 Å². The fourth-order valence-corrected chi connectivity index (χ4v) is 4.21. The van der Waals surface area contributed by atoms with E-state index in [4.69, 9.17) is 31.2 Å². The summed E-state index contributed by atoms with van der Waals surface area (Å²) in [5.74, 6) is 2.51. The molecule has 0 atom stereocenters. The van der Waals surface area contributed by atoms with Crippen LogP contribution in [0.2, 0.25) is 0 Å². The van der Waals surface area contributed by atoms with E-state index in [0.717, 1.165) is 11.1 Å². The van der Waals surface area contributed by atoms with Crippen molar-refractivity contribution in [3.05, 3.63) is 52.4 Å². The van der Waals surface area contributed by atoms with Gasteiger partial charge in [-0.2, -0.15) is 0 Å². The largest absolute Gasteiger partial charge is 0.493 e.